The Morgan fingerprint density at radius 2 is 2.28 bits per heavy atom. The fourth-order valence-electron chi connectivity index (χ4n) is 1.35. The maximum atomic E-state index is 11.6. The van der Waals surface area contributed by atoms with Gasteiger partial charge in [0.15, 0.2) is 0 Å². The predicted octanol–water partition coefficient (Wildman–Crippen LogP) is 2.52. The third-order valence-corrected chi connectivity index (χ3v) is 3.09. The summed E-state index contributed by atoms with van der Waals surface area (Å²) >= 11 is 1.38. The standard InChI is InChI=1S/C13H12N2O2S/c1-17-11-5-2-4-10(8-11)9-14-15-13(16)12-6-3-7-18-12/h2-9H,1H3,(H,15,16). The van der Waals surface area contributed by atoms with Crippen LogP contribution in [-0.2, 0) is 0 Å². The molecule has 0 saturated heterocycles. The average molecular weight is 260 g/mol. The molecule has 18 heavy (non-hydrogen) atoms. The molecule has 4 nitrogen and oxygen atoms in total. The third kappa shape index (κ3) is 3.18. The van der Waals surface area contributed by atoms with Gasteiger partial charge in [0.2, 0.25) is 0 Å². The molecule has 0 unspecified atom stereocenters. The molecule has 1 aromatic carbocycles. The van der Waals surface area contributed by atoms with E-state index in [-0.39, 0.29) is 5.91 Å². The largest absolute Gasteiger partial charge is 0.497 e. The highest BCUT2D eigenvalue weighted by molar-refractivity contribution is 7.12. The monoisotopic (exact) mass is 260 g/mol. The lowest BCUT2D eigenvalue weighted by molar-refractivity contribution is 0.0959. The van der Waals surface area contributed by atoms with E-state index in [2.05, 4.69) is 10.5 Å². The van der Waals surface area contributed by atoms with Crippen LogP contribution < -0.4 is 10.2 Å². The number of thiophene rings is 1. The average Bonchev–Trinajstić information content (AvgIpc) is 2.93. The molecule has 1 heterocycles. The van der Waals surface area contributed by atoms with E-state index in [0.717, 1.165) is 11.3 Å². The molecule has 0 saturated carbocycles. The molecule has 1 aromatic heterocycles. The highest BCUT2D eigenvalue weighted by Gasteiger charge is 2.03. The molecule has 2 rings (SSSR count). The molecule has 1 amide bonds. The van der Waals surface area contributed by atoms with E-state index in [1.165, 1.54) is 11.3 Å². The van der Waals surface area contributed by atoms with Crippen LogP contribution in [0.25, 0.3) is 0 Å². The Labute approximate surface area is 109 Å². The molecule has 0 radical (unpaired) electrons. The van der Waals surface area contributed by atoms with Gasteiger partial charge in [-0.2, -0.15) is 5.10 Å². The Kier molecular flexibility index (Phi) is 4.09. The zero-order valence-corrected chi connectivity index (χ0v) is 10.6. The summed E-state index contributed by atoms with van der Waals surface area (Å²) < 4.78 is 5.09. The van der Waals surface area contributed by atoms with Gasteiger partial charge in [-0.15, -0.1) is 11.3 Å². The van der Waals surface area contributed by atoms with Crippen molar-refractivity contribution in [2.24, 2.45) is 5.10 Å². The second-order valence-electron chi connectivity index (χ2n) is 3.45. The molecule has 5 heteroatoms. The van der Waals surface area contributed by atoms with Crippen LogP contribution in [0.3, 0.4) is 0 Å². The van der Waals surface area contributed by atoms with Crippen molar-refractivity contribution in [2.45, 2.75) is 0 Å². The number of nitrogens with one attached hydrogen (secondary N) is 1. The molecule has 92 valence electrons. The first-order valence-electron chi connectivity index (χ1n) is 5.30. The smallest absolute Gasteiger partial charge is 0.281 e. The van der Waals surface area contributed by atoms with Crippen molar-refractivity contribution >= 4 is 23.5 Å². The van der Waals surface area contributed by atoms with Crippen LogP contribution in [0, 0.1) is 0 Å². The summed E-state index contributed by atoms with van der Waals surface area (Å²) in [6.45, 7) is 0. The minimum Gasteiger partial charge on any atom is -0.497 e. The first kappa shape index (κ1) is 12.3. The predicted molar refractivity (Wildman–Crippen MR) is 72.4 cm³/mol. The van der Waals surface area contributed by atoms with Gasteiger partial charge in [-0.05, 0) is 29.1 Å². The number of hydrazone groups is 1. The second kappa shape index (κ2) is 5.97. The van der Waals surface area contributed by atoms with E-state index < -0.39 is 0 Å². The SMILES string of the molecule is COc1cccc(C=NNC(=O)c2cccs2)c1. The van der Waals surface area contributed by atoms with Crippen LogP contribution in [0.15, 0.2) is 46.9 Å². The number of ether oxygens (including phenoxy) is 1. The summed E-state index contributed by atoms with van der Waals surface area (Å²) in [5, 5.41) is 5.75. The van der Waals surface area contributed by atoms with Crippen LogP contribution in [-0.4, -0.2) is 19.2 Å². The highest BCUT2D eigenvalue weighted by Crippen LogP contribution is 2.11. The minimum atomic E-state index is -0.204. The number of nitrogens with zero attached hydrogens (tertiary/aromatic N) is 1. The van der Waals surface area contributed by atoms with Crippen LogP contribution in [0.1, 0.15) is 15.2 Å². The minimum absolute atomic E-state index is 0.204. The van der Waals surface area contributed by atoms with E-state index >= 15 is 0 Å². The second-order valence-corrected chi connectivity index (χ2v) is 4.40. The summed E-state index contributed by atoms with van der Waals surface area (Å²) in [5.41, 5.74) is 3.33. The number of rotatable bonds is 4. The molecule has 2 aromatic rings. The van der Waals surface area contributed by atoms with Crippen molar-refractivity contribution in [1.82, 2.24) is 5.43 Å². The topological polar surface area (TPSA) is 50.7 Å². The lowest BCUT2D eigenvalue weighted by Gasteiger charge is -2.00. The van der Waals surface area contributed by atoms with Gasteiger partial charge < -0.3 is 4.74 Å². The van der Waals surface area contributed by atoms with Crippen molar-refractivity contribution in [3.05, 3.63) is 52.2 Å². The van der Waals surface area contributed by atoms with Gasteiger partial charge in [-0.3, -0.25) is 4.79 Å². The summed E-state index contributed by atoms with van der Waals surface area (Å²) in [5.74, 6) is 0.549. The molecule has 0 bridgehead atoms. The highest BCUT2D eigenvalue weighted by atomic mass is 32.1. The zero-order valence-electron chi connectivity index (χ0n) is 9.79. The Hall–Kier alpha value is -2.14. The Morgan fingerprint density at radius 1 is 1.39 bits per heavy atom. The number of hydrogen-bond donors (Lipinski definition) is 1. The lowest BCUT2D eigenvalue weighted by atomic mass is 10.2. The molecule has 0 aliphatic carbocycles. The van der Waals surface area contributed by atoms with Crippen LogP contribution >= 0.6 is 11.3 Å². The first-order valence-corrected chi connectivity index (χ1v) is 6.18. The maximum absolute atomic E-state index is 11.6. The normalized spacial score (nSPS) is 10.5. The molecule has 0 aliphatic rings. The summed E-state index contributed by atoms with van der Waals surface area (Å²) in [7, 11) is 1.61. The summed E-state index contributed by atoms with van der Waals surface area (Å²) in [6, 6.07) is 11.0. The quantitative estimate of drug-likeness (QED) is 0.678. The lowest BCUT2D eigenvalue weighted by Crippen LogP contribution is -2.16. The van der Waals surface area contributed by atoms with Crippen molar-refractivity contribution in [3.8, 4) is 5.75 Å². The fourth-order valence-corrected chi connectivity index (χ4v) is 1.96. The van der Waals surface area contributed by atoms with Crippen molar-refractivity contribution in [3.63, 3.8) is 0 Å². The molecule has 1 N–H and O–H groups in total. The van der Waals surface area contributed by atoms with E-state index in [9.17, 15) is 4.79 Å². The number of carbonyl (C=O) groups is 1. The van der Waals surface area contributed by atoms with Crippen molar-refractivity contribution in [1.29, 1.82) is 0 Å². The van der Waals surface area contributed by atoms with E-state index in [1.807, 2.05) is 35.7 Å². The van der Waals surface area contributed by atoms with Crippen LogP contribution in [0.2, 0.25) is 0 Å². The summed E-state index contributed by atoms with van der Waals surface area (Å²) in [4.78, 5) is 12.2. The Bertz CT molecular complexity index is 550. The van der Waals surface area contributed by atoms with Crippen molar-refractivity contribution in [2.75, 3.05) is 7.11 Å². The number of benzene rings is 1. The van der Waals surface area contributed by atoms with Gasteiger partial charge in [0.1, 0.15) is 5.75 Å². The van der Waals surface area contributed by atoms with E-state index in [0.29, 0.717) is 4.88 Å². The van der Waals surface area contributed by atoms with Gasteiger partial charge in [0.25, 0.3) is 5.91 Å². The Balaban J connectivity index is 1.97. The third-order valence-electron chi connectivity index (χ3n) is 2.22. The Morgan fingerprint density at radius 3 is 3.00 bits per heavy atom. The number of methoxy groups -OCH3 is 1. The number of carbonyl (C=O) groups excluding carboxylic acids is 1. The molecule has 0 fully saturated rings. The van der Waals surface area contributed by atoms with E-state index in [4.69, 9.17) is 4.74 Å². The molecule has 0 atom stereocenters. The van der Waals surface area contributed by atoms with Gasteiger partial charge in [0.05, 0.1) is 18.2 Å². The first-order chi connectivity index (χ1) is 8.79. The van der Waals surface area contributed by atoms with Crippen LogP contribution in [0.5, 0.6) is 5.75 Å². The zero-order chi connectivity index (χ0) is 12.8. The van der Waals surface area contributed by atoms with E-state index in [1.54, 1.807) is 19.4 Å². The van der Waals surface area contributed by atoms with Gasteiger partial charge in [-0.1, -0.05) is 18.2 Å². The van der Waals surface area contributed by atoms with Gasteiger partial charge >= 0.3 is 0 Å². The number of hydrogen-bond acceptors (Lipinski definition) is 4. The summed E-state index contributed by atoms with van der Waals surface area (Å²) in [6.07, 6.45) is 1.58. The van der Waals surface area contributed by atoms with Crippen LogP contribution in [0.4, 0.5) is 0 Å². The maximum Gasteiger partial charge on any atom is 0.281 e. The van der Waals surface area contributed by atoms with Gasteiger partial charge in [-0.25, -0.2) is 5.43 Å². The van der Waals surface area contributed by atoms with Gasteiger partial charge in [0, 0.05) is 0 Å². The molecule has 0 spiro atoms. The molecular weight excluding hydrogens is 248 g/mol. The molecular formula is C13H12N2O2S. The fraction of sp³-hybridized carbons (Fsp3) is 0.0769. The molecule has 0 aliphatic heterocycles. The number of amides is 1. The van der Waals surface area contributed by atoms with Crippen molar-refractivity contribution < 1.29 is 9.53 Å².